The standard InChI is InChI=1S/C69H54N2S2/c1-69(2)63-20-9-6-15-57(63)58-41-40-55(44-64(58)69)71(52-32-27-46(28-33-52)45-23-25-48(26-24-45)56-18-12-19-61-59-16-7-11-22-66(59)73-68(56)61)54-38-36-53(37-39-54)70(50-13-4-3-5-14-50)51-34-29-47(30-35-51)49-31-42-67-62(43-49)60-17-8-10-21-65(60)72-67/h3-29,31-34,36-42,44,58,62,64H,30,35,43H2,1-2H3. The molecule has 0 N–H and O–H groups in total. The van der Waals surface area contributed by atoms with Gasteiger partial charge in [-0.2, -0.15) is 0 Å². The molecule has 4 heteroatoms. The quantitative estimate of drug-likeness (QED) is 0.142. The summed E-state index contributed by atoms with van der Waals surface area (Å²) in [4.78, 5) is 7.83. The van der Waals surface area contributed by atoms with Gasteiger partial charge in [-0.3, -0.25) is 0 Å². The molecule has 8 aromatic carbocycles. The maximum Gasteiger partial charge on any atom is 0.0462 e. The zero-order valence-corrected chi connectivity index (χ0v) is 42.7. The fourth-order valence-corrected chi connectivity index (χ4v) is 15.0. The van der Waals surface area contributed by atoms with Gasteiger partial charge in [-0.25, -0.2) is 0 Å². The van der Waals surface area contributed by atoms with E-state index in [1.165, 1.54) is 97.1 Å². The van der Waals surface area contributed by atoms with Crippen molar-refractivity contribution in [3.8, 4) is 22.3 Å². The number of nitrogens with zero attached hydrogens (tertiary/aromatic N) is 2. The number of fused-ring (bicyclic) bond motifs is 9. The highest BCUT2D eigenvalue weighted by atomic mass is 32.2. The Morgan fingerprint density at radius 3 is 1.92 bits per heavy atom. The van der Waals surface area contributed by atoms with Gasteiger partial charge in [-0.15, -0.1) is 11.3 Å². The molecule has 0 saturated carbocycles. The number of thiophene rings is 1. The van der Waals surface area contributed by atoms with E-state index in [0.717, 1.165) is 36.3 Å². The van der Waals surface area contributed by atoms with Crippen molar-refractivity contribution in [2.75, 3.05) is 9.80 Å². The lowest BCUT2D eigenvalue weighted by Crippen LogP contribution is -2.28. The van der Waals surface area contributed by atoms with Crippen LogP contribution >= 0.6 is 23.1 Å². The number of benzene rings is 8. The Hall–Kier alpha value is -7.63. The molecule has 0 radical (unpaired) electrons. The maximum absolute atomic E-state index is 2.55. The predicted octanol–water partition coefficient (Wildman–Crippen LogP) is 19.5. The van der Waals surface area contributed by atoms with Crippen LogP contribution in [0.1, 0.15) is 61.6 Å². The Bertz CT molecular complexity index is 3820. The summed E-state index contributed by atoms with van der Waals surface area (Å²) in [5.74, 6) is 1.17. The average molecular weight is 975 g/mol. The van der Waals surface area contributed by atoms with Crippen molar-refractivity contribution in [3.63, 3.8) is 0 Å². The minimum absolute atomic E-state index is 0.00229. The fraction of sp³-hybridized carbons (Fsp3) is 0.130. The van der Waals surface area contributed by atoms with E-state index in [0.29, 0.717) is 17.8 Å². The van der Waals surface area contributed by atoms with Gasteiger partial charge in [0.1, 0.15) is 0 Å². The third-order valence-electron chi connectivity index (χ3n) is 16.3. The Balaban J connectivity index is 0.789. The number of hydrogen-bond donors (Lipinski definition) is 0. The molecule has 4 aliphatic carbocycles. The van der Waals surface area contributed by atoms with Crippen LogP contribution < -0.4 is 9.80 Å². The van der Waals surface area contributed by atoms with Gasteiger partial charge < -0.3 is 9.80 Å². The number of thioether (sulfide) groups is 1. The number of para-hydroxylation sites is 1. The van der Waals surface area contributed by atoms with E-state index in [2.05, 4.69) is 260 Å². The van der Waals surface area contributed by atoms with Crippen LogP contribution in [0.5, 0.6) is 0 Å². The Morgan fingerprint density at radius 1 is 0.507 bits per heavy atom. The van der Waals surface area contributed by atoms with Crippen molar-refractivity contribution in [2.45, 2.75) is 55.3 Å². The lowest BCUT2D eigenvalue weighted by Gasteiger charge is -2.35. The predicted molar refractivity (Wildman–Crippen MR) is 312 cm³/mol. The molecule has 3 atom stereocenters. The van der Waals surface area contributed by atoms with Crippen LogP contribution in [-0.4, -0.2) is 0 Å². The molecule has 3 unspecified atom stereocenters. The van der Waals surface area contributed by atoms with Gasteiger partial charge >= 0.3 is 0 Å². The first-order chi connectivity index (χ1) is 35.9. The summed E-state index contributed by atoms with van der Waals surface area (Å²) in [6, 6.07) is 72.0. The van der Waals surface area contributed by atoms with Gasteiger partial charge in [0.25, 0.3) is 0 Å². The summed E-state index contributed by atoms with van der Waals surface area (Å²) in [5.41, 5.74) is 19.4. The Kier molecular flexibility index (Phi) is 10.8. The lowest BCUT2D eigenvalue weighted by molar-refractivity contribution is 0.392. The van der Waals surface area contributed by atoms with E-state index in [1.54, 1.807) is 0 Å². The minimum Gasteiger partial charge on any atom is -0.314 e. The number of allylic oxidation sites excluding steroid dienone is 11. The molecule has 1 aromatic heterocycles. The third kappa shape index (κ3) is 7.61. The highest BCUT2D eigenvalue weighted by Gasteiger charge is 2.45. The summed E-state index contributed by atoms with van der Waals surface area (Å²) < 4.78 is 2.68. The summed E-state index contributed by atoms with van der Waals surface area (Å²) in [7, 11) is 0. The lowest BCUT2D eigenvalue weighted by atomic mass is 9.74. The second-order valence-corrected chi connectivity index (χ2v) is 22.9. The molecule has 0 amide bonds. The molecule has 1 aliphatic heterocycles. The zero-order valence-electron chi connectivity index (χ0n) is 41.1. The molecule has 0 bridgehead atoms. The summed E-state index contributed by atoms with van der Waals surface area (Å²) >= 11 is 3.84. The van der Waals surface area contributed by atoms with Crippen molar-refractivity contribution in [2.24, 2.45) is 5.92 Å². The molecular weight excluding hydrogens is 921 g/mol. The van der Waals surface area contributed by atoms with Crippen LogP contribution in [0.3, 0.4) is 0 Å². The molecule has 2 nitrogen and oxygen atoms in total. The fourth-order valence-electron chi connectivity index (χ4n) is 12.6. The van der Waals surface area contributed by atoms with Crippen LogP contribution in [-0.2, 0) is 5.41 Å². The average Bonchev–Trinajstić information content (AvgIpc) is 4.09. The normalized spacial score (nSPS) is 19.2. The zero-order chi connectivity index (χ0) is 48.6. The van der Waals surface area contributed by atoms with E-state index in [4.69, 9.17) is 0 Å². The van der Waals surface area contributed by atoms with Crippen LogP contribution in [0, 0.1) is 5.92 Å². The van der Waals surface area contributed by atoms with E-state index >= 15 is 0 Å². The number of hydrogen-bond acceptors (Lipinski definition) is 4. The van der Waals surface area contributed by atoms with Crippen molar-refractivity contribution in [3.05, 3.63) is 281 Å². The molecule has 352 valence electrons. The molecule has 0 saturated heterocycles. The Morgan fingerprint density at radius 2 is 1.14 bits per heavy atom. The molecule has 73 heavy (non-hydrogen) atoms. The maximum atomic E-state index is 2.55. The van der Waals surface area contributed by atoms with E-state index in [9.17, 15) is 0 Å². The van der Waals surface area contributed by atoms with Crippen molar-refractivity contribution < 1.29 is 0 Å². The number of anilines is 4. The van der Waals surface area contributed by atoms with Gasteiger partial charge in [0.2, 0.25) is 0 Å². The van der Waals surface area contributed by atoms with Crippen molar-refractivity contribution in [1.82, 2.24) is 0 Å². The van der Waals surface area contributed by atoms with E-state index < -0.39 is 0 Å². The molecule has 14 rings (SSSR count). The van der Waals surface area contributed by atoms with Crippen molar-refractivity contribution >= 4 is 66.0 Å². The van der Waals surface area contributed by atoms with Crippen LogP contribution in [0.4, 0.5) is 22.7 Å². The second-order valence-electron chi connectivity index (χ2n) is 20.7. The molecule has 9 aromatic rings. The van der Waals surface area contributed by atoms with Crippen LogP contribution in [0.25, 0.3) is 42.4 Å². The summed E-state index contributed by atoms with van der Waals surface area (Å²) in [6.45, 7) is 4.85. The first kappa shape index (κ1) is 44.1. The number of rotatable bonds is 9. The van der Waals surface area contributed by atoms with Gasteiger partial charge in [0.15, 0.2) is 0 Å². The molecule has 0 spiro atoms. The molecular formula is C69H54N2S2. The smallest absolute Gasteiger partial charge is 0.0462 e. The first-order valence-corrected chi connectivity index (χ1v) is 27.5. The highest BCUT2D eigenvalue weighted by molar-refractivity contribution is 8.03. The minimum atomic E-state index is -0.00229. The highest BCUT2D eigenvalue weighted by Crippen LogP contribution is 2.56. The molecule has 0 fully saturated rings. The van der Waals surface area contributed by atoms with Gasteiger partial charge in [0, 0.05) is 71.0 Å². The first-order valence-electron chi connectivity index (χ1n) is 25.9. The summed E-state index contributed by atoms with van der Waals surface area (Å²) in [5, 5.41) is 2.66. The second kappa shape index (κ2) is 17.8. The molecule has 5 aliphatic rings. The van der Waals surface area contributed by atoms with Gasteiger partial charge in [-0.05, 0) is 158 Å². The monoisotopic (exact) mass is 974 g/mol. The summed E-state index contributed by atoms with van der Waals surface area (Å²) in [6.07, 6.45) is 20.0. The van der Waals surface area contributed by atoms with E-state index in [-0.39, 0.29) is 5.41 Å². The van der Waals surface area contributed by atoms with Crippen LogP contribution in [0.2, 0.25) is 0 Å². The van der Waals surface area contributed by atoms with Crippen LogP contribution in [0.15, 0.2) is 269 Å². The topological polar surface area (TPSA) is 6.48 Å². The van der Waals surface area contributed by atoms with Gasteiger partial charge in [0.05, 0.1) is 0 Å². The van der Waals surface area contributed by atoms with Gasteiger partial charge in [-0.1, -0.05) is 189 Å². The third-order valence-corrected chi connectivity index (χ3v) is 18.8. The van der Waals surface area contributed by atoms with Crippen molar-refractivity contribution in [1.29, 1.82) is 0 Å². The Labute approximate surface area is 437 Å². The van der Waals surface area contributed by atoms with E-state index in [1.807, 2.05) is 23.1 Å². The molecule has 2 heterocycles. The largest absolute Gasteiger partial charge is 0.314 e. The SMILES string of the molecule is CC1(C)c2ccccc2C2C=CC(N(c3ccc(-c4ccc(-c5cccc6c5sc5ccccc56)cc4)cc3)c3ccc(N(C4=CC=C(C5=CC=C6Sc7ccccc7C6C5)CC4)c4ccccc4)cc3)=CC21.